The standard InChI is InChI=1S/C14H30N2O/c1-10(2)15-7-8-16(6)9-14-11(3)12(4)17-13(14)5/h10-15H,7-9H2,1-6H3. The second kappa shape index (κ2) is 6.72. The minimum atomic E-state index is 0.403. The number of ether oxygens (including phenoxy) is 1. The van der Waals surface area contributed by atoms with E-state index in [1.54, 1.807) is 0 Å². The molecule has 3 nitrogen and oxygen atoms in total. The van der Waals surface area contributed by atoms with Gasteiger partial charge >= 0.3 is 0 Å². The molecule has 1 aliphatic rings. The van der Waals surface area contributed by atoms with Crippen LogP contribution >= 0.6 is 0 Å². The van der Waals surface area contributed by atoms with Gasteiger partial charge in [0.1, 0.15) is 0 Å². The third-order valence-corrected chi connectivity index (χ3v) is 4.02. The Hall–Kier alpha value is -0.120. The van der Waals surface area contributed by atoms with Gasteiger partial charge in [0.25, 0.3) is 0 Å². The van der Waals surface area contributed by atoms with Crippen molar-refractivity contribution in [1.82, 2.24) is 10.2 Å². The van der Waals surface area contributed by atoms with Crippen LogP contribution in [0.25, 0.3) is 0 Å². The third-order valence-electron chi connectivity index (χ3n) is 4.02. The van der Waals surface area contributed by atoms with Gasteiger partial charge in [0.05, 0.1) is 12.2 Å². The van der Waals surface area contributed by atoms with Crippen LogP contribution in [0.3, 0.4) is 0 Å². The summed E-state index contributed by atoms with van der Waals surface area (Å²) in [7, 11) is 2.21. The van der Waals surface area contributed by atoms with Gasteiger partial charge in [0.2, 0.25) is 0 Å². The van der Waals surface area contributed by atoms with Crippen molar-refractivity contribution in [3.05, 3.63) is 0 Å². The molecule has 0 aromatic heterocycles. The molecule has 0 bridgehead atoms. The predicted octanol–water partition coefficient (Wildman–Crippen LogP) is 1.98. The van der Waals surface area contributed by atoms with E-state index in [1.165, 1.54) is 0 Å². The molecule has 1 rings (SSSR count). The minimum absolute atomic E-state index is 0.403. The van der Waals surface area contributed by atoms with Crippen molar-refractivity contribution in [3.63, 3.8) is 0 Å². The topological polar surface area (TPSA) is 24.5 Å². The molecule has 3 heteroatoms. The van der Waals surface area contributed by atoms with E-state index >= 15 is 0 Å². The monoisotopic (exact) mass is 242 g/mol. The maximum atomic E-state index is 5.89. The van der Waals surface area contributed by atoms with Crippen molar-refractivity contribution in [2.75, 3.05) is 26.7 Å². The summed E-state index contributed by atoms with van der Waals surface area (Å²) < 4.78 is 5.89. The average Bonchev–Trinajstić information content (AvgIpc) is 2.44. The Morgan fingerprint density at radius 1 is 1.18 bits per heavy atom. The van der Waals surface area contributed by atoms with E-state index in [9.17, 15) is 0 Å². The van der Waals surface area contributed by atoms with Gasteiger partial charge in [-0.1, -0.05) is 20.8 Å². The van der Waals surface area contributed by atoms with Crippen molar-refractivity contribution in [3.8, 4) is 0 Å². The molecule has 17 heavy (non-hydrogen) atoms. The van der Waals surface area contributed by atoms with Crippen LogP contribution in [0.4, 0.5) is 0 Å². The Balaban J connectivity index is 2.28. The van der Waals surface area contributed by atoms with E-state index in [0.29, 0.717) is 30.1 Å². The molecule has 1 saturated heterocycles. The van der Waals surface area contributed by atoms with Gasteiger partial charge in [0, 0.05) is 31.6 Å². The van der Waals surface area contributed by atoms with Crippen LogP contribution in [-0.4, -0.2) is 49.8 Å². The first-order valence-corrected chi connectivity index (χ1v) is 6.99. The van der Waals surface area contributed by atoms with Crippen molar-refractivity contribution < 1.29 is 4.74 Å². The van der Waals surface area contributed by atoms with Gasteiger partial charge in [-0.3, -0.25) is 0 Å². The number of nitrogens with one attached hydrogen (secondary N) is 1. The summed E-state index contributed by atoms with van der Waals surface area (Å²) in [4.78, 5) is 2.43. The summed E-state index contributed by atoms with van der Waals surface area (Å²) >= 11 is 0. The molecule has 1 N–H and O–H groups in total. The van der Waals surface area contributed by atoms with Crippen LogP contribution in [0, 0.1) is 11.8 Å². The molecule has 1 heterocycles. The highest BCUT2D eigenvalue weighted by Crippen LogP contribution is 2.32. The van der Waals surface area contributed by atoms with Crippen molar-refractivity contribution >= 4 is 0 Å². The lowest BCUT2D eigenvalue weighted by Crippen LogP contribution is -2.37. The first kappa shape index (κ1) is 14.9. The van der Waals surface area contributed by atoms with Gasteiger partial charge in [0.15, 0.2) is 0 Å². The fourth-order valence-corrected chi connectivity index (χ4v) is 2.65. The lowest BCUT2D eigenvalue weighted by Gasteiger charge is -2.25. The SMILES string of the molecule is CC(C)NCCN(C)CC1C(C)OC(C)C1C. The van der Waals surface area contributed by atoms with Crippen molar-refractivity contribution in [2.45, 2.75) is 52.9 Å². The Morgan fingerprint density at radius 2 is 1.82 bits per heavy atom. The zero-order chi connectivity index (χ0) is 13.0. The average molecular weight is 242 g/mol. The van der Waals surface area contributed by atoms with E-state index in [4.69, 9.17) is 4.74 Å². The van der Waals surface area contributed by atoms with E-state index in [2.05, 4.69) is 51.9 Å². The molecule has 0 radical (unpaired) electrons. The van der Waals surface area contributed by atoms with Crippen LogP contribution < -0.4 is 5.32 Å². The first-order valence-electron chi connectivity index (χ1n) is 6.99. The molecule has 102 valence electrons. The van der Waals surface area contributed by atoms with E-state index in [0.717, 1.165) is 19.6 Å². The maximum Gasteiger partial charge on any atom is 0.0594 e. The fourth-order valence-electron chi connectivity index (χ4n) is 2.65. The largest absolute Gasteiger partial charge is 0.375 e. The van der Waals surface area contributed by atoms with Gasteiger partial charge in [-0.25, -0.2) is 0 Å². The normalized spacial score (nSPS) is 33.9. The quantitative estimate of drug-likeness (QED) is 0.771. The molecule has 1 fully saturated rings. The predicted molar refractivity (Wildman–Crippen MR) is 73.3 cm³/mol. The summed E-state index contributed by atoms with van der Waals surface area (Å²) in [5.74, 6) is 1.35. The highest BCUT2D eigenvalue weighted by atomic mass is 16.5. The Labute approximate surface area is 107 Å². The second-order valence-corrected chi connectivity index (χ2v) is 5.94. The number of likely N-dealkylation sites (N-methyl/N-ethyl adjacent to an activating group) is 1. The molecule has 4 unspecified atom stereocenters. The van der Waals surface area contributed by atoms with Crippen LogP contribution in [-0.2, 0) is 4.74 Å². The summed E-state index contributed by atoms with van der Waals surface area (Å²) in [5, 5.41) is 3.46. The number of hydrogen-bond donors (Lipinski definition) is 1. The highest BCUT2D eigenvalue weighted by Gasteiger charge is 2.36. The zero-order valence-electron chi connectivity index (χ0n) is 12.4. The number of rotatable bonds is 6. The zero-order valence-corrected chi connectivity index (χ0v) is 12.4. The minimum Gasteiger partial charge on any atom is -0.375 e. The molecule has 0 saturated carbocycles. The Kier molecular flexibility index (Phi) is 5.90. The summed E-state index contributed by atoms with van der Waals surface area (Å²) in [5.41, 5.74) is 0. The van der Waals surface area contributed by atoms with Crippen LogP contribution in [0.1, 0.15) is 34.6 Å². The van der Waals surface area contributed by atoms with Crippen LogP contribution in [0.15, 0.2) is 0 Å². The lowest BCUT2D eigenvalue weighted by atomic mass is 9.89. The van der Waals surface area contributed by atoms with E-state index in [-0.39, 0.29) is 0 Å². The van der Waals surface area contributed by atoms with Gasteiger partial charge in [-0.15, -0.1) is 0 Å². The van der Waals surface area contributed by atoms with Gasteiger partial charge < -0.3 is 15.0 Å². The maximum absolute atomic E-state index is 5.89. The van der Waals surface area contributed by atoms with E-state index in [1.807, 2.05) is 0 Å². The fraction of sp³-hybridized carbons (Fsp3) is 1.00. The molecule has 1 aliphatic heterocycles. The van der Waals surface area contributed by atoms with Crippen LogP contribution in [0.5, 0.6) is 0 Å². The van der Waals surface area contributed by atoms with E-state index < -0.39 is 0 Å². The molecular formula is C14H30N2O. The van der Waals surface area contributed by atoms with Crippen molar-refractivity contribution in [2.24, 2.45) is 11.8 Å². The first-order chi connectivity index (χ1) is 7.91. The highest BCUT2D eigenvalue weighted by molar-refractivity contribution is 4.85. The summed E-state index contributed by atoms with van der Waals surface area (Å²) in [6, 6.07) is 0.580. The van der Waals surface area contributed by atoms with Gasteiger partial charge in [-0.05, 0) is 26.8 Å². The molecule has 0 aromatic rings. The number of nitrogens with zero attached hydrogens (tertiary/aromatic N) is 1. The molecular weight excluding hydrogens is 212 g/mol. The second-order valence-electron chi connectivity index (χ2n) is 5.94. The molecule has 0 aliphatic carbocycles. The molecule has 0 amide bonds. The molecule has 0 aromatic carbocycles. The smallest absolute Gasteiger partial charge is 0.0594 e. The third kappa shape index (κ3) is 4.57. The molecule has 0 spiro atoms. The number of hydrogen-bond acceptors (Lipinski definition) is 3. The summed E-state index contributed by atoms with van der Waals surface area (Å²) in [6.45, 7) is 14.4. The van der Waals surface area contributed by atoms with Gasteiger partial charge in [-0.2, -0.15) is 0 Å². The Morgan fingerprint density at radius 3 is 2.29 bits per heavy atom. The van der Waals surface area contributed by atoms with Crippen LogP contribution in [0.2, 0.25) is 0 Å². The molecule has 4 atom stereocenters. The summed E-state index contributed by atoms with van der Waals surface area (Å²) in [6.07, 6.45) is 0.817. The Bertz CT molecular complexity index is 220. The lowest BCUT2D eigenvalue weighted by molar-refractivity contribution is 0.0482. The van der Waals surface area contributed by atoms with Crippen molar-refractivity contribution in [1.29, 1.82) is 0 Å².